The Hall–Kier alpha value is -1.16. The SMILES string of the molecule is Cc1nccc(N[C@H]2CCN[C@@H](C)C2)n1. The highest BCUT2D eigenvalue weighted by molar-refractivity contribution is 5.34. The third-order valence-corrected chi connectivity index (χ3v) is 2.75. The summed E-state index contributed by atoms with van der Waals surface area (Å²) in [5, 5.41) is 6.90. The molecule has 0 radical (unpaired) electrons. The van der Waals surface area contributed by atoms with Crippen molar-refractivity contribution in [1.29, 1.82) is 0 Å². The Morgan fingerprint density at radius 3 is 3.13 bits per heavy atom. The summed E-state index contributed by atoms with van der Waals surface area (Å²) in [4.78, 5) is 8.43. The van der Waals surface area contributed by atoms with Crippen molar-refractivity contribution in [3.8, 4) is 0 Å². The number of piperidine rings is 1. The highest BCUT2D eigenvalue weighted by Gasteiger charge is 2.18. The van der Waals surface area contributed by atoms with Gasteiger partial charge in [0.25, 0.3) is 0 Å². The van der Waals surface area contributed by atoms with Crippen molar-refractivity contribution in [2.24, 2.45) is 0 Å². The Balaban J connectivity index is 1.96. The van der Waals surface area contributed by atoms with Gasteiger partial charge in [-0.15, -0.1) is 0 Å². The molecule has 0 bridgehead atoms. The number of hydrogen-bond donors (Lipinski definition) is 2. The quantitative estimate of drug-likeness (QED) is 0.766. The van der Waals surface area contributed by atoms with Crippen molar-refractivity contribution in [3.05, 3.63) is 18.1 Å². The first-order valence-corrected chi connectivity index (χ1v) is 5.53. The molecular weight excluding hydrogens is 188 g/mol. The number of nitrogens with one attached hydrogen (secondary N) is 2. The summed E-state index contributed by atoms with van der Waals surface area (Å²) in [6.07, 6.45) is 4.12. The number of nitrogens with zero attached hydrogens (tertiary/aromatic N) is 2. The normalized spacial score (nSPS) is 26.3. The lowest BCUT2D eigenvalue weighted by atomic mass is 10.0. The minimum absolute atomic E-state index is 0.538. The van der Waals surface area contributed by atoms with Crippen LogP contribution in [-0.2, 0) is 0 Å². The predicted octanol–water partition coefficient (Wildman–Crippen LogP) is 1.34. The maximum atomic E-state index is 4.35. The molecule has 1 aromatic heterocycles. The molecule has 4 nitrogen and oxygen atoms in total. The van der Waals surface area contributed by atoms with Gasteiger partial charge in [0.15, 0.2) is 0 Å². The summed E-state index contributed by atoms with van der Waals surface area (Å²) >= 11 is 0. The van der Waals surface area contributed by atoms with Crippen LogP contribution in [0.3, 0.4) is 0 Å². The summed E-state index contributed by atoms with van der Waals surface area (Å²) in [6, 6.07) is 3.06. The molecule has 1 aliphatic heterocycles. The van der Waals surface area contributed by atoms with Gasteiger partial charge in [0.2, 0.25) is 0 Å². The van der Waals surface area contributed by atoms with Crippen molar-refractivity contribution in [1.82, 2.24) is 15.3 Å². The maximum absolute atomic E-state index is 4.35. The number of aromatic nitrogens is 2. The summed E-state index contributed by atoms with van der Waals surface area (Å²) in [5.41, 5.74) is 0. The molecule has 0 unspecified atom stereocenters. The van der Waals surface area contributed by atoms with Crippen LogP contribution in [-0.4, -0.2) is 28.6 Å². The number of rotatable bonds is 2. The molecule has 2 rings (SSSR count). The summed E-state index contributed by atoms with van der Waals surface area (Å²) < 4.78 is 0. The van der Waals surface area contributed by atoms with Crippen LogP contribution < -0.4 is 10.6 Å². The van der Waals surface area contributed by atoms with Gasteiger partial charge in [-0.05, 0) is 39.3 Å². The smallest absolute Gasteiger partial charge is 0.129 e. The van der Waals surface area contributed by atoms with Crippen molar-refractivity contribution in [2.45, 2.75) is 38.8 Å². The molecule has 2 N–H and O–H groups in total. The second-order valence-electron chi connectivity index (χ2n) is 4.21. The van der Waals surface area contributed by atoms with Crippen molar-refractivity contribution in [3.63, 3.8) is 0 Å². The Morgan fingerprint density at radius 2 is 2.40 bits per heavy atom. The summed E-state index contributed by atoms with van der Waals surface area (Å²) in [7, 11) is 0. The number of anilines is 1. The van der Waals surface area contributed by atoms with E-state index >= 15 is 0 Å². The van der Waals surface area contributed by atoms with Gasteiger partial charge >= 0.3 is 0 Å². The molecule has 0 aliphatic carbocycles. The second kappa shape index (κ2) is 4.57. The predicted molar refractivity (Wildman–Crippen MR) is 60.9 cm³/mol. The van der Waals surface area contributed by atoms with Crippen LogP contribution in [0.2, 0.25) is 0 Å². The van der Waals surface area contributed by atoms with Crippen molar-refractivity contribution in [2.75, 3.05) is 11.9 Å². The van der Waals surface area contributed by atoms with E-state index in [2.05, 4.69) is 27.5 Å². The van der Waals surface area contributed by atoms with E-state index in [0.29, 0.717) is 12.1 Å². The monoisotopic (exact) mass is 206 g/mol. The summed E-state index contributed by atoms with van der Waals surface area (Å²) in [5.74, 6) is 1.77. The lowest BCUT2D eigenvalue weighted by Crippen LogP contribution is -2.41. The highest BCUT2D eigenvalue weighted by atomic mass is 15.1. The molecule has 0 spiro atoms. The fourth-order valence-electron chi connectivity index (χ4n) is 2.01. The molecule has 0 aromatic carbocycles. The molecule has 0 saturated carbocycles. The van der Waals surface area contributed by atoms with Gasteiger partial charge in [-0.2, -0.15) is 0 Å². The van der Waals surface area contributed by atoms with Gasteiger partial charge in [0.05, 0.1) is 0 Å². The molecule has 1 aliphatic rings. The standard InChI is InChI=1S/C11H18N4/c1-8-7-10(3-5-12-8)15-11-4-6-13-9(2)14-11/h4,6,8,10,12H,3,5,7H2,1-2H3,(H,13,14,15)/t8-,10-/m0/s1. The molecular formula is C11H18N4. The van der Waals surface area contributed by atoms with Gasteiger partial charge in [-0.25, -0.2) is 9.97 Å². The Morgan fingerprint density at radius 1 is 1.53 bits per heavy atom. The summed E-state index contributed by atoms with van der Waals surface area (Å²) in [6.45, 7) is 5.22. The molecule has 4 heteroatoms. The zero-order valence-corrected chi connectivity index (χ0v) is 9.33. The van der Waals surface area contributed by atoms with Crippen LogP contribution in [0.4, 0.5) is 5.82 Å². The van der Waals surface area contributed by atoms with Crippen molar-refractivity contribution < 1.29 is 0 Å². The Bertz CT molecular complexity index is 326. The minimum Gasteiger partial charge on any atom is -0.367 e. The zero-order chi connectivity index (χ0) is 10.7. The fourth-order valence-corrected chi connectivity index (χ4v) is 2.01. The molecule has 15 heavy (non-hydrogen) atoms. The van der Waals surface area contributed by atoms with E-state index in [1.54, 1.807) is 6.20 Å². The topological polar surface area (TPSA) is 49.8 Å². The first-order chi connectivity index (χ1) is 7.24. The van der Waals surface area contributed by atoms with Gasteiger partial charge < -0.3 is 10.6 Å². The molecule has 1 aromatic rings. The Kier molecular flexibility index (Phi) is 3.16. The van der Waals surface area contributed by atoms with Crippen LogP contribution in [0.1, 0.15) is 25.6 Å². The molecule has 0 amide bonds. The lowest BCUT2D eigenvalue weighted by Gasteiger charge is -2.29. The molecule has 1 fully saturated rings. The largest absolute Gasteiger partial charge is 0.367 e. The average molecular weight is 206 g/mol. The maximum Gasteiger partial charge on any atom is 0.129 e. The molecule has 1 saturated heterocycles. The highest BCUT2D eigenvalue weighted by Crippen LogP contribution is 2.13. The van der Waals surface area contributed by atoms with Crippen LogP contribution in [0.15, 0.2) is 12.3 Å². The third-order valence-electron chi connectivity index (χ3n) is 2.75. The zero-order valence-electron chi connectivity index (χ0n) is 9.33. The van der Waals surface area contributed by atoms with E-state index in [4.69, 9.17) is 0 Å². The van der Waals surface area contributed by atoms with Gasteiger partial charge in [-0.3, -0.25) is 0 Å². The van der Waals surface area contributed by atoms with Crippen LogP contribution in [0.5, 0.6) is 0 Å². The van der Waals surface area contributed by atoms with Gasteiger partial charge in [0.1, 0.15) is 11.6 Å². The second-order valence-corrected chi connectivity index (χ2v) is 4.21. The number of hydrogen-bond acceptors (Lipinski definition) is 4. The average Bonchev–Trinajstić information content (AvgIpc) is 2.17. The van der Waals surface area contributed by atoms with E-state index in [1.807, 2.05) is 13.0 Å². The fraction of sp³-hybridized carbons (Fsp3) is 0.636. The van der Waals surface area contributed by atoms with Crippen LogP contribution in [0, 0.1) is 6.92 Å². The third kappa shape index (κ3) is 2.89. The van der Waals surface area contributed by atoms with Crippen LogP contribution in [0.25, 0.3) is 0 Å². The van der Waals surface area contributed by atoms with Crippen molar-refractivity contribution >= 4 is 5.82 Å². The van der Waals surface area contributed by atoms with Gasteiger partial charge in [-0.1, -0.05) is 0 Å². The molecule has 2 atom stereocenters. The first-order valence-electron chi connectivity index (χ1n) is 5.53. The van der Waals surface area contributed by atoms with E-state index in [-0.39, 0.29) is 0 Å². The van der Waals surface area contributed by atoms with E-state index < -0.39 is 0 Å². The van der Waals surface area contributed by atoms with E-state index in [1.165, 1.54) is 0 Å². The first kappa shape index (κ1) is 10.4. The Labute approximate surface area is 90.5 Å². The van der Waals surface area contributed by atoms with Gasteiger partial charge in [0, 0.05) is 18.3 Å². The van der Waals surface area contributed by atoms with E-state index in [0.717, 1.165) is 31.0 Å². The minimum atomic E-state index is 0.538. The molecule has 2 heterocycles. The number of aryl methyl sites for hydroxylation is 1. The molecule has 82 valence electrons. The van der Waals surface area contributed by atoms with Crippen LogP contribution >= 0.6 is 0 Å². The lowest BCUT2D eigenvalue weighted by molar-refractivity contribution is 0.396. The van der Waals surface area contributed by atoms with E-state index in [9.17, 15) is 0 Å².